The summed E-state index contributed by atoms with van der Waals surface area (Å²) in [6, 6.07) is 3.94. The van der Waals surface area contributed by atoms with Crippen molar-refractivity contribution in [3.63, 3.8) is 0 Å². The number of hydrogen-bond donors (Lipinski definition) is 1. The molecule has 2 N–H and O–H groups in total. The van der Waals surface area contributed by atoms with Crippen molar-refractivity contribution in [1.82, 2.24) is 28.7 Å². The number of hydrogen-bond acceptors (Lipinski definition) is 6. The Hall–Kier alpha value is -3.33. The summed E-state index contributed by atoms with van der Waals surface area (Å²) >= 11 is 6.39. The molecular weight excluding hydrogens is 418 g/mol. The lowest BCUT2D eigenvalue weighted by molar-refractivity contribution is 0.406. The zero-order chi connectivity index (χ0) is 22.1. The van der Waals surface area contributed by atoms with E-state index in [2.05, 4.69) is 19.5 Å². The number of aromatic nitrogens is 6. The number of fused-ring (bicyclic) bond motifs is 1. The second kappa shape index (κ2) is 8.43. The third-order valence-corrected chi connectivity index (χ3v) is 5.61. The lowest BCUT2D eigenvalue weighted by Gasteiger charge is -2.12. The van der Waals surface area contributed by atoms with Crippen LogP contribution in [0.3, 0.4) is 0 Å². The van der Waals surface area contributed by atoms with Crippen molar-refractivity contribution in [2.45, 2.75) is 39.9 Å². The second-order valence-electron chi connectivity index (χ2n) is 7.39. The third-order valence-electron chi connectivity index (χ3n) is 5.35. The van der Waals surface area contributed by atoms with E-state index < -0.39 is 0 Å². The molecular formula is C21H24ClN7O2. The first kappa shape index (κ1) is 20.9. The van der Waals surface area contributed by atoms with Crippen molar-refractivity contribution in [1.29, 1.82) is 0 Å². The van der Waals surface area contributed by atoms with E-state index in [9.17, 15) is 4.79 Å². The third kappa shape index (κ3) is 3.88. The summed E-state index contributed by atoms with van der Waals surface area (Å²) in [4.78, 5) is 26.3. The average Bonchev–Trinajstić information content (AvgIpc) is 3.32. The summed E-state index contributed by atoms with van der Waals surface area (Å²) in [7, 11) is 1.62. The first-order chi connectivity index (χ1) is 14.9. The van der Waals surface area contributed by atoms with Crippen molar-refractivity contribution in [2.24, 2.45) is 0 Å². The van der Waals surface area contributed by atoms with Crippen LogP contribution in [0.5, 0.6) is 5.75 Å². The summed E-state index contributed by atoms with van der Waals surface area (Å²) in [6.45, 7) is 5.31. The number of nitrogen functional groups attached to an aromatic ring is 1. The fourth-order valence-electron chi connectivity index (χ4n) is 3.85. The van der Waals surface area contributed by atoms with Crippen LogP contribution in [-0.4, -0.2) is 35.8 Å². The van der Waals surface area contributed by atoms with Gasteiger partial charge >= 0.3 is 5.69 Å². The minimum Gasteiger partial charge on any atom is -0.496 e. The molecule has 0 saturated carbocycles. The van der Waals surface area contributed by atoms with Gasteiger partial charge in [0.25, 0.3) is 0 Å². The molecule has 0 saturated heterocycles. The quantitative estimate of drug-likeness (QED) is 0.442. The Labute approximate surface area is 184 Å². The van der Waals surface area contributed by atoms with Crippen LogP contribution in [0.25, 0.3) is 11.2 Å². The summed E-state index contributed by atoms with van der Waals surface area (Å²) in [5.74, 6) is 0.766. The largest absolute Gasteiger partial charge is 0.496 e. The number of pyridine rings is 1. The fraction of sp³-hybridized carbons (Fsp3) is 0.333. The van der Waals surface area contributed by atoms with Crippen molar-refractivity contribution in [3.05, 3.63) is 63.2 Å². The van der Waals surface area contributed by atoms with Gasteiger partial charge in [-0.05, 0) is 32.4 Å². The molecule has 4 heterocycles. The molecule has 0 aliphatic rings. The van der Waals surface area contributed by atoms with Gasteiger partial charge in [0.15, 0.2) is 10.8 Å². The SMILES string of the molecule is COc1c(C)cnc(Cn2c(=O)n(CCCn3cccc3)c3c(Cl)nc(N)nc32)c1C. The lowest BCUT2D eigenvalue weighted by Crippen LogP contribution is -2.26. The van der Waals surface area contributed by atoms with Crippen LogP contribution in [0.4, 0.5) is 5.95 Å². The van der Waals surface area contributed by atoms with Crippen molar-refractivity contribution in [2.75, 3.05) is 12.8 Å². The van der Waals surface area contributed by atoms with Gasteiger partial charge in [0, 0.05) is 42.8 Å². The van der Waals surface area contributed by atoms with E-state index in [-0.39, 0.29) is 23.3 Å². The minimum atomic E-state index is -0.231. The number of aryl methyl sites for hydroxylation is 3. The van der Waals surface area contributed by atoms with Crippen molar-refractivity contribution >= 4 is 28.7 Å². The molecule has 162 valence electrons. The molecule has 0 radical (unpaired) electrons. The number of imidazole rings is 1. The van der Waals surface area contributed by atoms with Gasteiger partial charge < -0.3 is 15.0 Å². The smallest absolute Gasteiger partial charge is 0.330 e. The van der Waals surface area contributed by atoms with Gasteiger partial charge in [0.05, 0.1) is 19.3 Å². The van der Waals surface area contributed by atoms with Gasteiger partial charge in [-0.15, -0.1) is 0 Å². The molecule has 0 aromatic carbocycles. The Morgan fingerprint density at radius 1 is 1.13 bits per heavy atom. The Balaban J connectivity index is 1.77. The van der Waals surface area contributed by atoms with E-state index in [0.29, 0.717) is 23.4 Å². The highest BCUT2D eigenvalue weighted by molar-refractivity contribution is 6.33. The van der Waals surface area contributed by atoms with Crippen LogP contribution in [-0.2, 0) is 19.6 Å². The van der Waals surface area contributed by atoms with Gasteiger partial charge in [-0.25, -0.2) is 4.79 Å². The standard InChI is InChI=1S/C21H24ClN7O2/c1-13-11-24-15(14(2)17(13)31-3)12-29-19-16(18(22)25-20(23)26-19)28(21(29)30)10-6-9-27-7-4-5-8-27/h4-5,7-8,11H,6,9-10,12H2,1-3H3,(H2,23,25,26). The van der Waals surface area contributed by atoms with Crippen LogP contribution in [0, 0.1) is 13.8 Å². The van der Waals surface area contributed by atoms with Gasteiger partial charge in [-0.2, -0.15) is 9.97 Å². The summed E-state index contributed by atoms with van der Waals surface area (Å²) in [6.07, 6.45) is 6.45. The van der Waals surface area contributed by atoms with E-state index in [1.54, 1.807) is 22.4 Å². The number of nitrogens with zero attached hydrogens (tertiary/aromatic N) is 6. The predicted molar refractivity (Wildman–Crippen MR) is 120 cm³/mol. The maximum atomic E-state index is 13.4. The predicted octanol–water partition coefficient (Wildman–Crippen LogP) is 2.79. The average molecular weight is 442 g/mol. The van der Waals surface area contributed by atoms with Crippen molar-refractivity contribution in [3.8, 4) is 5.75 Å². The highest BCUT2D eigenvalue weighted by Crippen LogP contribution is 2.26. The molecule has 0 atom stereocenters. The van der Waals surface area contributed by atoms with E-state index >= 15 is 0 Å². The topological polar surface area (TPSA) is 106 Å². The van der Waals surface area contributed by atoms with Crippen molar-refractivity contribution < 1.29 is 4.74 Å². The zero-order valence-electron chi connectivity index (χ0n) is 17.7. The number of rotatable bonds is 7. The molecule has 9 nitrogen and oxygen atoms in total. The van der Waals surface area contributed by atoms with Crippen LogP contribution in [0.2, 0.25) is 5.15 Å². The van der Waals surface area contributed by atoms with E-state index in [1.807, 2.05) is 38.4 Å². The van der Waals surface area contributed by atoms with Gasteiger partial charge in [-0.1, -0.05) is 11.6 Å². The number of halogens is 1. The Kier molecular flexibility index (Phi) is 5.69. The minimum absolute atomic E-state index is 0.0157. The Morgan fingerprint density at radius 3 is 2.58 bits per heavy atom. The maximum Gasteiger partial charge on any atom is 0.330 e. The Bertz CT molecular complexity index is 1290. The molecule has 0 aliphatic carbocycles. The lowest BCUT2D eigenvalue weighted by atomic mass is 10.1. The number of methoxy groups -OCH3 is 1. The summed E-state index contributed by atoms with van der Waals surface area (Å²) in [5, 5.41) is 0.158. The molecule has 0 aliphatic heterocycles. The monoisotopic (exact) mass is 441 g/mol. The molecule has 31 heavy (non-hydrogen) atoms. The second-order valence-corrected chi connectivity index (χ2v) is 7.74. The summed E-state index contributed by atoms with van der Waals surface area (Å²) in [5.41, 5.74) is 8.99. The fourth-order valence-corrected chi connectivity index (χ4v) is 4.12. The highest BCUT2D eigenvalue weighted by Gasteiger charge is 2.21. The molecule has 0 fully saturated rings. The van der Waals surface area contributed by atoms with Crippen LogP contribution in [0.15, 0.2) is 35.5 Å². The number of anilines is 1. The van der Waals surface area contributed by atoms with Gasteiger partial charge in [-0.3, -0.25) is 14.1 Å². The van der Waals surface area contributed by atoms with Gasteiger partial charge in [0.1, 0.15) is 11.3 Å². The molecule has 4 aromatic heterocycles. The Morgan fingerprint density at radius 2 is 1.87 bits per heavy atom. The van der Waals surface area contributed by atoms with E-state index in [0.717, 1.165) is 29.8 Å². The zero-order valence-corrected chi connectivity index (χ0v) is 18.4. The first-order valence-electron chi connectivity index (χ1n) is 9.92. The molecule has 0 bridgehead atoms. The molecule has 0 unspecified atom stereocenters. The highest BCUT2D eigenvalue weighted by atomic mass is 35.5. The molecule has 4 aromatic rings. The summed E-state index contributed by atoms with van der Waals surface area (Å²) < 4.78 is 10.7. The molecule has 4 rings (SSSR count). The number of ether oxygens (including phenoxy) is 1. The normalized spacial score (nSPS) is 11.4. The van der Waals surface area contributed by atoms with E-state index in [1.165, 1.54) is 0 Å². The molecule has 0 spiro atoms. The first-order valence-corrected chi connectivity index (χ1v) is 10.3. The van der Waals surface area contributed by atoms with Gasteiger partial charge in [0.2, 0.25) is 5.95 Å². The van der Waals surface area contributed by atoms with E-state index in [4.69, 9.17) is 22.1 Å². The van der Waals surface area contributed by atoms with Crippen LogP contribution < -0.4 is 16.2 Å². The van der Waals surface area contributed by atoms with Crippen LogP contribution in [0.1, 0.15) is 23.2 Å². The maximum absolute atomic E-state index is 13.4. The molecule has 10 heteroatoms. The molecule has 0 amide bonds. The van der Waals surface area contributed by atoms with Crippen LogP contribution >= 0.6 is 11.6 Å². The number of nitrogens with two attached hydrogens (primary N) is 1.